The number of carbonyl (C=O) groups excluding carboxylic acids is 1. The second-order valence-electron chi connectivity index (χ2n) is 9.26. The second-order valence-corrected chi connectivity index (χ2v) is 10.5. The molecule has 0 spiro atoms. The van der Waals surface area contributed by atoms with Gasteiger partial charge in [-0.1, -0.05) is 24.8 Å². The molecule has 4 rings (SSSR count). The molecule has 3 aliphatic carbocycles. The molecule has 5 nitrogen and oxygen atoms in total. The van der Waals surface area contributed by atoms with Gasteiger partial charge in [-0.3, -0.25) is 4.79 Å². The number of thioether (sulfide) groups is 1. The Balaban J connectivity index is 1.68. The summed E-state index contributed by atoms with van der Waals surface area (Å²) in [6.07, 6.45) is 2.19. The van der Waals surface area contributed by atoms with Crippen LogP contribution >= 0.6 is 11.8 Å². The summed E-state index contributed by atoms with van der Waals surface area (Å²) < 4.78 is 10.7. The smallest absolute Gasteiger partial charge is 0.188 e. The Kier molecular flexibility index (Phi) is 6.00. The minimum Gasteiger partial charge on any atom is -0.468 e. The van der Waals surface area contributed by atoms with Crippen LogP contribution in [0.3, 0.4) is 0 Å². The molecule has 7 atom stereocenters. The Morgan fingerprint density at radius 2 is 2.14 bits per heavy atom. The number of methoxy groups -OCH3 is 1. The van der Waals surface area contributed by atoms with E-state index < -0.39 is 12.2 Å². The van der Waals surface area contributed by atoms with Gasteiger partial charge in [0.25, 0.3) is 0 Å². The van der Waals surface area contributed by atoms with Crippen LogP contribution in [0.2, 0.25) is 0 Å². The number of fused-ring (bicyclic) bond motifs is 5. The Morgan fingerprint density at radius 3 is 2.86 bits per heavy atom. The SMILES string of the molecule is COCOc1ccc2c(c1)CC(CSC(C)=O)C1C2CCC2(C)C(O)C(O)CC12. The van der Waals surface area contributed by atoms with Gasteiger partial charge in [0.2, 0.25) is 0 Å². The van der Waals surface area contributed by atoms with Crippen LogP contribution in [0, 0.1) is 23.2 Å². The number of ether oxygens (including phenoxy) is 2. The highest BCUT2D eigenvalue weighted by Gasteiger charge is 2.59. The molecule has 2 fully saturated rings. The van der Waals surface area contributed by atoms with Crippen molar-refractivity contribution < 1.29 is 24.5 Å². The molecule has 6 heteroatoms. The lowest BCUT2D eigenvalue weighted by Gasteiger charge is -2.52. The molecule has 160 valence electrons. The van der Waals surface area contributed by atoms with Gasteiger partial charge < -0.3 is 19.7 Å². The zero-order valence-corrected chi connectivity index (χ0v) is 18.3. The molecule has 0 heterocycles. The molecule has 7 unspecified atom stereocenters. The van der Waals surface area contributed by atoms with Gasteiger partial charge in [-0.15, -0.1) is 0 Å². The summed E-state index contributed by atoms with van der Waals surface area (Å²) in [5.74, 6) is 3.02. The number of aliphatic hydroxyl groups is 2. The summed E-state index contributed by atoms with van der Waals surface area (Å²) in [5.41, 5.74) is 2.44. The number of carbonyl (C=O) groups is 1. The number of rotatable bonds is 5. The van der Waals surface area contributed by atoms with Crippen molar-refractivity contribution in [3.63, 3.8) is 0 Å². The zero-order valence-electron chi connectivity index (χ0n) is 17.5. The molecular formula is C23H32O5S. The van der Waals surface area contributed by atoms with Gasteiger partial charge >= 0.3 is 0 Å². The fraction of sp³-hybridized carbons (Fsp3) is 0.696. The highest BCUT2D eigenvalue weighted by molar-refractivity contribution is 8.13. The monoisotopic (exact) mass is 420 g/mol. The Bertz CT molecular complexity index is 768. The molecule has 3 aliphatic rings. The topological polar surface area (TPSA) is 76.0 Å². The quantitative estimate of drug-likeness (QED) is 0.712. The molecular weight excluding hydrogens is 388 g/mol. The van der Waals surface area contributed by atoms with Gasteiger partial charge in [-0.2, -0.15) is 0 Å². The van der Waals surface area contributed by atoms with E-state index in [-0.39, 0.29) is 23.2 Å². The fourth-order valence-electron chi connectivity index (χ4n) is 6.36. The van der Waals surface area contributed by atoms with Gasteiger partial charge in [0.05, 0.1) is 12.2 Å². The molecule has 0 amide bonds. The molecule has 0 bridgehead atoms. The molecule has 29 heavy (non-hydrogen) atoms. The summed E-state index contributed by atoms with van der Waals surface area (Å²) in [6.45, 7) is 4.01. The van der Waals surface area contributed by atoms with E-state index in [2.05, 4.69) is 19.1 Å². The van der Waals surface area contributed by atoms with E-state index in [0.29, 0.717) is 24.2 Å². The molecule has 2 N–H and O–H groups in total. The van der Waals surface area contributed by atoms with E-state index in [1.54, 1.807) is 14.0 Å². The van der Waals surface area contributed by atoms with Crippen LogP contribution in [0.4, 0.5) is 0 Å². The maximum Gasteiger partial charge on any atom is 0.188 e. The van der Waals surface area contributed by atoms with Crippen molar-refractivity contribution in [2.24, 2.45) is 23.2 Å². The van der Waals surface area contributed by atoms with Crippen LogP contribution in [0.1, 0.15) is 50.2 Å². The van der Waals surface area contributed by atoms with E-state index in [1.807, 2.05) is 6.07 Å². The third kappa shape index (κ3) is 3.73. The largest absolute Gasteiger partial charge is 0.468 e. The van der Waals surface area contributed by atoms with Gasteiger partial charge in [0.1, 0.15) is 5.75 Å². The molecule has 0 saturated heterocycles. The Labute approximate surface area is 177 Å². The van der Waals surface area contributed by atoms with Crippen molar-refractivity contribution in [3.05, 3.63) is 29.3 Å². The van der Waals surface area contributed by atoms with Crippen LogP contribution in [0.25, 0.3) is 0 Å². The highest BCUT2D eigenvalue weighted by atomic mass is 32.2. The lowest BCUT2D eigenvalue weighted by atomic mass is 9.53. The molecule has 0 aliphatic heterocycles. The van der Waals surface area contributed by atoms with Crippen LogP contribution in [0.15, 0.2) is 18.2 Å². The van der Waals surface area contributed by atoms with Gasteiger partial charge in [-0.25, -0.2) is 0 Å². The first kappa shape index (κ1) is 21.2. The third-order valence-electron chi connectivity index (χ3n) is 7.69. The molecule has 0 radical (unpaired) electrons. The van der Waals surface area contributed by atoms with Crippen LogP contribution in [0.5, 0.6) is 5.75 Å². The summed E-state index contributed by atoms with van der Waals surface area (Å²) in [5, 5.41) is 21.3. The summed E-state index contributed by atoms with van der Waals surface area (Å²) >= 11 is 1.41. The second kappa shape index (κ2) is 8.22. The summed E-state index contributed by atoms with van der Waals surface area (Å²) in [6, 6.07) is 6.34. The van der Waals surface area contributed by atoms with Gasteiger partial charge in [-0.05, 0) is 78.0 Å². The average molecular weight is 421 g/mol. The molecule has 1 aromatic carbocycles. The standard InChI is InChI=1S/C23H32O5S/c1-13(24)29-11-15-8-14-9-16(28-12-27-3)4-5-17(14)18-6-7-23(2)19(21(15)18)10-20(25)22(23)26/h4-5,9,15,18-22,25-26H,6-8,10-12H2,1-3H3. The highest BCUT2D eigenvalue weighted by Crippen LogP contribution is 2.62. The van der Waals surface area contributed by atoms with E-state index in [0.717, 1.165) is 30.8 Å². The Hall–Kier alpha value is -1.08. The lowest BCUT2D eigenvalue weighted by Crippen LogP contribution is -2.48. The van der Waals surface area contributed by atoms with E-state index in [1.165, 1.54) is 22.9 Å². The fourth-order valence-corrected chi connectivity index (χ4v) is 7.15. The number of aliphatic hydroxyl groups excluding tert-OH is 2. The number of benzene rings is 1. The number of hydrogen-bond acceptors (Lipinski definition) is 6. The van der Waals surface area contributed by atoms with E-state index >= 15 is 0 Å². The normalized spacial score (nSPS) is 38.1. The zero-order chi connectivity index (χ0) is 20.8. The minimum atomic E-state index is -0.652. The van der Waals surface area contributed by atoms with Gasteiger partial charge in [0.15, 0.2) is 11.9 Å². The number of hydrogen-bond donors (Lipinski definition) is 2. The van der Waals surface area contributed by atoms with E-state index in [4.69, 9.17) is 9.47 Å². The van der Waals surface area contributed by atoms with Crippen molar-refractivity contribution >= 4 is 16.9 Å². The van der Waals surface area contributed by atoms with Crippen molar-refractivity contribution in [2.75, 3.05) is 19.7 Å². The van der Waals surface area contributed by atoms with Crippen LogP contribution < -0.4 is 4.74 Å². The average Bonchev–Trinajstić information content (AvgIpc) is 2.93. The molecule has 0 aromatic heterocycles. The first-order valence-corrected chi connectivity index (χ1v) is 11.6. The van der Waals surface area contributed by atoms with Crippen molar-refractivity contribution in [1.82, 2.24) is 0 Å². The van der Waals surface area contributed by atoms with Gasteiger partial charge in [0, 0.05) is 19.8 Å². The third-order valence-corrected chi connectivity index (χ3v) is 8.69. The maximum absolute atomic E-state index is 11.7. The summed E-state index contributed by atoms with van der Waals surface area (Å²) in [7, 11) is 1.61. The Morgan fingerprint density at radius 1 is 1.34 bits per heavy atom. The van der Waals surface area contributed by atoms with Crippen LogP contribution in [-0.4, -0.2) is 47.2 Å². The van der Waals surface area contributed by atoms with Crippen molar-refractivity contribution in [2.45, 2.75) is 57.7 Å². The first-order chi connectivity index (χ1) is 13.8. The predicted octanol–water partition coefficient (Wildman–Crippen LogP) is 3.36. The maximum atomic E-state index is 11.7. The molecule has 2 saturated carbocycles. The van der Waals surface area contributed by atoms with E-state index in [9.17, 15) is 15.0 Å². The predicted molar refractivity (Wildman–Crippen MR) is 113 cm³/mol. The summed E-state index contributed by atoms with van der Waals surface area (Å²) in [4.78, 5) is 11.7. The first-order valence-electron chi connectivity index (χ1n) is 10.6. The molecule has 1 aromatic rings. The minimum absolute atomic E-state index is 0.148. The van der Waals surface area contributed by atoms with Crippen molar-refractivity contribution in [1.29, 1.82) is 0 Å². The van der Waals surface area contributed by atoms with Crippen molar-refractivity contribution in [3.8, 4) is 5.75 Å². The van der Waals surface area contributed by atoms with Crippen LogP contribution in [-0.2, 0) is 16.0 Å². The lowest BCUT2D eigenvalue weighted by molar-refractivity contribution is -0.109.